The van der Waals surface area contributed by atoms with Crippen LogP contribution in [0, 0.1) is 25.2 Å². The first-order valence-electron chi connectivity index (χ1n) is 9.03. The maximum absolute atomic E-state index is 12.3. The fourth-order valence-corrected chi connectivity index (χ4v) is 4.63. The molecule has 1 aliphatic rings. The zero-order chi connectivity index (χ0) is 20.3. The Hall–Kier alpha value is -2.92. The molecular weight excluding hydrogens is 380 g/mol. The summed E-state index contributed by atoms with van der Waals surface area (Å²) < 4.78 is 9.98. The number of hydrogen-bond acceptors (Lipinski definition) is 7. The lowest BCUT2D eigenvalue weighted by molar-refractivity contribution is -0.119. The summed E-state index contributed by atoms with van der Waals surface area (Å²) in [5.41, 5.74) is 1.55. The number of ether oxygens (including phenoxy) is 1. The summed E-state index contributed by atoms with van der Waals surface area (Å²) in [5.74, 6) is -1.12. The van der Waals surface area contributed by atoms with Gasteiger partial charge < -0.3 is 14.5 Å². The number of anilines is 1. The van der Waals surface area contributed by atoms with Crippen LogP contribution in [0.15, 0.2) is 15.3 Å². The Labute approximate surface area is 165 Å². The van der Waals surface area contributed by atoms with Gasteiger partial charge in [0.05, 0.1) is 5.56 Å². The number of rotatable bonds is 4. The molecule has 0 spiro atoms. The highest BCUT2D eigenvalue weighted by Gasteiger charge is 2.22. The molecule has 1 aliphatic carbocycles. The fourth-order valence-electron chi connectivity index (χ4n) is 3.38. The maximum Gasteiger partial charge on any atom is 0.342 e. The molecule has 2 aromatic rings. The van der Waals surface area contributed by atoms with E-state index in [0.29, 0.717) is 16.1 Å². The highest BCUT2D eigenvalue weighted by Crippen LogP contribution is 2.36. The third kappa shape index (κ3) is 4.15. The third-order valence-electron chi connectivity index (χ3n) is 4.66. The number of amides is 1. The van der Waals surface area contributed by atoms with Crippen LogP contribution in [-0.4, -0.2) is 18.5 Å². The van der Waals surface area contributed by atoms with E-state index in [2.05, 4.69) is 11.4 Å². The molecule has 0 atom stereocenters. The van der Waals surface area contributed by atoms with Crippen LogP contribution in [0.1, 0.15) is 56.9 Å². The van der Waals surface area contributed by atoms with Crippen molar-refractivity contribution < 1.29 is 18.7 Å². The number of fused-ring (bicyclic) bond motifs is 1. The van der Waals surface area contributed by atoms with E-state index < -0.39 is 24.1 Å². The predicted molar refractivity (Wildman–Crippen MR) is 104 cm³/mol. The van der Waals surface area contributed by atoms with Gasteiger partial charge >= 0.3 is 11.6 Å². The van der Waals surface area contributed by atoms with Crippen LogP contribution in [0.4, 0.5) is 5.00 Å². The molecule has 3 rings (SSSR count). The molecule has 2 aromatic heterocycles. The summed E-state index contributed by atoms with van der Waals surface area (Å²) >= 11 is 1.42. The second-order valence-corrected chi connectivity index (χ2v) is 7.79. The summed E-state index contributed by atoms with van der Waals surface area (Å²) in [5, 5.41) is 12.7. The van der Waals surface area contributed by atoms with Crippen LogP contribution in [0.2, 0.25) is 0 Å². The molecular formula is C20H20N2O5S. The van der Waals surface area contributed by atoms with E-state index in [-0.39, 0.29) is 11.3 Å². The Morgan fingerprint density at radius 3 is 2.75 bits per heavy atom. The van der Waals surface area contributed by atoms with Crippen molar-refractivity contribution in [3.05, 3.63) is 49.4 Å². The van der Waals surface area contributed by atoms with Crippen molar-refractivity contribution in [2.75, 3.05) is 11.9 Å². The second kappa shape index (κ2) is 8.40. The Kier molecular flexibility index (Phi) is 5.95. The van der Waals surface area contributed by atoms with Crippen molar-refractivity contribution >= 4 is 28.2 Å². The molecule has 2 heterocycles. The molecule has 1 amide bonds. The largest absolute Gasteiger partial charge is 0.452 e. The van der Waals surface area contributed by atoms with E-state index in [1.54, 1.807) is 6.92 Å². The van der Waals surface area contributed by atoms with E-state index in [4.69, 9.17) is 9.15 Å². The normalized spacial score (nSPS) is 13.2. The number of esters is 1. The number of aryl methyl sites for hydroxylation is 3. The summed E-state index contributed by atoms with van der Waals surface area (Å²) in [7, 11) is 0. The summed E-state index contributed by atoms with van der Waals surface area (Å²) in [6.07, 6.45) is 5.02. The van der Waals surface area contributed by atoms with Crippen LogP contribution in [0.5, 0.6) is 0 Å². The quantitative estimate of drug-likeness (QED) is 0.623. The van der Waals surface area contributed by atoms with E-state index >= 15 is 0 Å². The van der Waals surface area contributed by atoms with Crippen molar-refractivity contribution in [3.63, 3.8) is 0 Å². The lowest BCUT2D eigenvalue weighted by Crippen LogP contribution is -2.22. The van der Waals surface area contributed by atoms with Gasteiger partial charge in [-0.3, -0.25) is 4.79 Å². The Morgan fingerprint density at radius 1 is 1.29 bits per heavy atom. The van der Waals surface area contributed by atoms with Gasteiger partial charge in [0.25, 0.3) is 5.91 Å². The van der Waals surface area contributed by atoms with Crippen LogP contribution in [-0.2, 0) is 22.4 Å². The predicted octanol–water partition coefficient (Wildman–Crippen LogP) is 3.25. The number of hydrogen-bond donors (Lipinski definition) is 1. The first-order valence-corrected chi connectivity index (χ1v) is 9.85. The molecule has 0 unspecified atom stereocenters. The number of nitrogens with zero attached hydrogens (tertiary/aromatic N) is 1. The van der Waals surface area contributed by atoms with Crippen LogP contribution >= 0.6 is 11.3 Å². The van der Waals surface area contributed by atoms with Gasteiger partial charge in [-0.05, 0) is 50.7 Å². The Bertz CT molecular complexity index is 1000. The van der Waals surface area contributed by atoms with Crippen molar-refractivity contribution in [2.24, 2.45) is 0 Å². The van der Waals surface area contributed by atoms with Crippen LogP contribution in [0.3, 0.4) is 0 Å². The first kappa shape index (κ1) is 19.8. The van der Waals surface area contributed by atoms with Crippen molar-refractivity contribution in [1.29, 1.82) is 5.26 Å². The standard InChI is InChI=1S/C20H20N2O5S/c1-11-8-17(24)27-12(2)18(11)20(25)26-10-16(23)22-19-14(9-21)13-6-4-3-5-7-15(13)28-19/h8H,3-7,10H2,1-2H3,(H,22,23). The number of thiophene rings is 1. The Morgan fingerprint density at radius 2 is 2.04 bits per heavy atom. The van der Waals surface area contributed by atoms with Crippen molar-refractivity contribution in [3.8, 4) is 6.07 Å². The number of nitriles is 1. The van der Waals surface area contributed by atoms with Gasteiger partial charge in [-0.25, -0.2) is 9.59 Å². The number of carbonyl (C=O) groups excluding carboxylic acids is 2. The van der Waals surface area contributed by atoms with Gasteiger partial charge in [0.1, 0.15) is 22.4 Å². The average molecular weight is 400 g/mol. The topological polar surface area (TPSA) is 109 Å². The van der Waals surface area contributed by atoms with Crippen molar-refractivity contribution in [1.82, 2.24) is 0 Å². The summed E-state index contributed by atoms with van der Waals surface area (Å²) in [6.45, 7) is 2.59. The maximum atomic E-state index is 12.3. The molecule has 146 valence electrons. The monoisotopic (exact) mass is 400 g/mol. The molecule has 0 aliphatic heterocycles. The van der Waals surface area contributed by atoms with Crippen molar-refractivity contribution in [2.45, 2.75) is 46.0 Å². The van der Waals surface area contributed by atoms with Gasteiger partial charge in [-0.1, -0.05) is 6.42 Å². The number of nitrogens with one attached hydrogen (secondary N) is 1. The molecule has 28 heavy (non-hydrogen) atoms. The third-order valence-corrected chi connectivity index (χ3v) is 5.87. The summed E-state index contributed by atoms with van der Waals surface area (Å²) in [4.78, 5) is 37.0. The van der Waals surface area contributed by atoms with Gasteiger partial charge in [-0.15, -0.1) is 11.3 Å². The molecule has 0 bridgehead atoms. The minimum Gasteiger partial charge on any atom is -0.452 e. The van der Waals surface area contributed by atoms with E-state index in [9.17, 15) is 19.6 Å². The van der Waals surface area contributed by atoms with Gasteiger partial charge in [0.15, 0.2) is 6.61 Å². The second-order valence-electron chi connectivity index (χ2n) is 6.68. The van der Waals surface area contributed by atoms with Gasteiger partial charge in [-0.2, -0.15) is 5.26 Å². The molecule has 1 N–H and O–H groups in total. The average Bonchev–Trinajstić information content (AvgIpc) is 2.78. The van der Waals surface area contributed by atoms with Gasteiger partial charge in [0, 0.05) is 10.9 Å². The van der Waals surface area contributed by atoms with Gasteiger partial charge in [0.2, 0.25) is 0 Å². The first-order chi connectivity index (χ1) is 13.4. The SMILES string of the molecule is Cc1cc(=O)oc(C)c1C(=O)OCC(=O)Nc1sc2c(c1C#N)CCCCC2. The van der Waals surface area contributed by atoms with E-state index in [1.165, 1.54) is 24.3 Å². The minimum atomic E-state index is -0.739. The molecule has 0 radical (unpaired) electrons. The Balaban J connectivity index is 1.68. The molecule has 7 nitrogen and oxygen atoms in total. The van der Waals surface area contributed by atoms with Crippen LogP contribution in [0.25, 0.3) is 0 Å². The zero-order valence-electron chi connectivity index (χ0n) is 15.7. The van der Waals surface area contributed by atoms with E-state index in [1.807, 2.05) is 0 Å². The van der Waals surface area contributed by atoms with Crippen LogP contribution < -0.4 is 10.9 Å². The summed E-state index contributed by atoms with van der Waals surface area (Å²) in [6, 6.07) is 3.39. The molecule has 0 aromatic carbocycles. The number of carbonyl (C=O) groups is 2. The zero-order valence-corrected chi connectivity index (χ0v) is 16.5. The molecule has 0 fully saturated rings. The smallest absolute Gasteiger partial charge is 0.342 e. The fraction of sp³-hybridized carbons (Fsp3) is 0.400. The molecule has 8 heteroatoms. The lowest BCUT2D eigenvalue weighted by Gasteiger charge is -2.08. The minimum absolute atomic E-state index is 0.132. The molecule has 0 saturated carbocycles. The highest BCUT2D eigenvalue weighted by atomic mass is 32.1. The highest BCUT2D eigenvalue weighted by molar-refractivity contribution is 7.16. The van der Waals surface area contributed by atoms with E-state index in [0.717, 1.165) is 42.5 Å². The molecule has 0 saturated heterocycles. The lowest BCUT2D eigenvalue weighted by atomic mass is 10.1.